The molecule has 0 aliphatic heterocycles. The van der Waals surface area contributed by atoms with Crippen molar-refractivity contribution in [3.63, 3.8) is 0 Å². The maximum Gasteiger partial charge on any atom is 0.262 e. The maximum atomic E-state index is 12.8. The summed E-state index contributed by atoms with van der Waals surface area (Å²) >= 11 is 0. The number of hydrogen-bond donors (Lipinski definition) is 2. The largest absolute Gasteiger partial charge is 0.497 e. The van der Waals surface area contributed by atoms with Crippen molar-refractivity contribution in [2.45, 2.75) is 43.5 Å². The number of amides is 1. The summed E-state index contributed by atoms with van der Waals surface area (Å²) < 4.78 is 33.3. The predicted molar refractivity (Wildman–Crippen MR) is 105 cm³/mol. The molecule has 7 heteroatoms. The molecule has 2 aromatic rings. The summed E-state index contributed by atoms with van der Waals surface area (Å²) in [7, 11) is -2.27. The van der Waals surface area contributed by atoms with Crippen molar-refractivity contribution in [3.8, 4) is 5.75 Å². The van der Waals surface area contributed by atoms with Gasteiger partial charge in [-0.3, -0.25) is 9.52 Å². The van der Waals surface area contributed by atoms with E-state index in [1.807, 2.05) is 0 Å². The minimum atomic E-state index is -3.82. The van der Waals surface area contributed by atoms with Gasteiger partial charge in [-0.2, -0.15) is 0 Å². The molecule has 1 saturated carbocycles. The van der Waals surface area contributed by atoms with Gasteiger partial charge < -0.3 is 10.1 Å². The molecule has 0 bridgehead atoms. The summed E-state index contributed by atoms with van der Waals surface area (Å²) in [6.07, 6.45) is 4.18. The van der Waals surface area contributed by atoms with Gasteiger partial charge in [-0.25, -0.2) is 8.42 Å². The van der Waals surface area contributed by atoms with Gasteiger partial charge >= 0.3 is 0 Å². The minimum absolute atomic E-state index is 0.0948. The Hall–Kier alpha value is -2.54. The van der Waals surface area contributed by atoms with Crippen LogP contribution in [0.2, 0.25) is 0 Å². The lowest BCUT2D eigenvalue weighted by atomic mass is 10.1. The second-order valence-corrected chi connectivity index (χ2v) is 8.42. The first-order valence-electron chi connectivity index (χ1n) is 8.97. The van der Waals surface area contributed by atoms with E-state index in [0.29, 0.717) is 22.6 Å². The molecule has 6 nitrogen and oxygen atoms in total. The van der Waals surface area contributed by atoms with Crippen LogP contribution in [-0.2, 0) is 10.0 Å². The smallest absolute Gasteiger partial charge is 0.262 e. The van der Waals surface area contributed by atoms with E-state index in [1.54, 1.807) is 50.4 Å². The molecule has 2 aromatic carbocycles. The lowest BCUT2D eigenvalue weighted by Crippen LogP contribution is -2.32. The zero-order valence-electron chi connectivity index (χ0n) is 15.5. The van der Waals surface area contributed by atoms with Crippen LogP contribution < -0.4 is 14.8 Å². The Morgan fingerprint density at radius 2 is 1.74 bits per heavy atom. The Bertz CT molecular complexity index is 917. The number of carbonyl (C=O) groups excluding carboxylic acids is 1. The molecule has 1 aliphatic rings. The SMILES string of the molecule is COc1ccc(NS(=O)(=O)c2cc(C(=O)NC3CCCC3)ccc2C)cc1. The van der Waals surface area contributed by atoms with E-state index in [0.717, 1.165) is 25.7 Å². The average molecular weight is 388 g/mol. The monoisotopic (exact) mass is 388 g/mol. The number of aryl methyl sites for hydroxylation is 1. The van der Waals surface area contributed by atoms with Crippen molar-refractivity contribution >= 4 is 21.6 Å². The van der Waals surface area contributed by atoms with Crippen LogP contribution in [0, 0.1) is 6.92 Å². The number of anilines is 1. The van der Waals surface area contributed by atoms with Crippen LogP contribution in [0.5, 0.6) is 5.75 Å². The highest BCUT2D eigenvalue weighted by molar-refractivity contribution is 7.92. The molecule has 144 valence electrons. The lowest BCUT2D eigenvalue weighted by Gasteiger charge is -2.14. The molecule has 1 fully saturated rings. The number of ether oxygens (including phenoxy) is 1. The molecular formula is C20H24N2O4S. The number of hydrogen-bond acceptors (Lipinski definition) is 4. The highest BCUT2D eigenvalue weighted by Gasteiger charge is 2.22. The van der Waals surface area contributed by atoms with Gasteiger partial charge in [0.2, 0.25) is 0 Å². The number of sulfonamides is 1. The van der Waals surface area contributed by atoms with Crippen molar-refractivity contribution in [2.24, 2.45) is 0 Å². The van der Waals surface area contributed by atoms with Gasteiger partial charge in [-0.05, 0) is 61.7 Å². The van der Waals surface area contributed by atoms with Crippen LogP contribution in [0.25, 0.3) is 0 Å². The molecular weight excluding hydrogens is 364 g/mol. The van der Waals surface area contributed by atoms with Crippen molar-refractivity contribution in [1.29, 1.82) is 0 Å². The van der Waals surface area contributed by atoms with Crippen LogP contribution in [0.3, 0.4) is 0 Å². The van der Waals surface area contributed by atoms with E-state index in [4.69, 9.17) is 4.74 Å². The third kappa shape index (κ3) is 4.60. The summed E-state index contributed by atoms with van der Waals surface area (Å²) in [6, 6.07) is 11.5. The van der Waals surface area contributed by atoms with Gasteiger partial charge in [0.25, 0.3) is 15.9 Å². The van der Waals surface area contributed by atoms with Gasteiger partial charge in [0.1, 0.15) is 5.75 Å². The van der Waals surface area contributed by atoms with Gasteiger partial charge in [0.15, 0.2) is 0 Å². The van der Waals surface area contributed by atoms with Crippen LogP contribution in [-0.4, -0.2) is 27.5 Å². The number of methoxy groups -OCH3 is 1. The summed E-state index contributed by atoms with van der Waals surface area (Å²) in [5.74, 6) is 0.405. The molecule has 0 unspecified atom stereocenters. The van der Waals surface area contributed by atoms with Crippen LogP contribution in [0.1, 0.15) is 41.6 Å². The quantitative estimate of drug-likeness (QED) is 0.793. The highest BCUT2D eigenvalue weighted by Crippen LogP contribution is 2.23. The van der Waals surface area contributed by atoms with Gasteiger partial charge in [-0.1, -0.05) is 18.9 Å². The zero-order valence-corrected chi connectivity index (χ0v) is 16.3. The summed E-state index contributed by atoms with van der Waals surface area (Å²) in [6.45, 7) is 1.71. The average Bonchev–Trinajstić information content (AvgIpc) is 3.15. The Labute approximate surface area is 160 Å². The molecule has 27 heavy (non-hydrogen) atoms. The number of benzene rings is 2. The number of nitrogens with one attached hydrogen (secondary N) is 2. The molecule has 0 saturated heterocycles. The molecule has 0 spiro atoms. The topological polar surface area (TPSA) is 84.5 Å². The lowest BCUT2D eigenvalue weighted by molar-refractivity contribution is 0.0937. The Morgan fingerprint density at radius 3 is 2.37 bits per heavy atom. The van der Waals surface area contributed by atoms with E-state index < -0.39 is 10.0 Å². The van der Waals surface area contributed by atoms with E-state index in [-0.39, 0.29) is 16.8 Å². The van der Waals surface area contributed by atoms with E-state index >= 15 is 0 Å². The van der Waals surface area contributed by atoms with E-state index in [9.17, 15) is 13.2 Å². The van der Waals surface area contributed by atoms with Gasteiger partial charge in [-0.15, -0.1) is 0 Å². The Morgan fingerprint density at radius 1 is 1.07 bits per heavy atom. The molecule has 1 aliphatic carbocycles. The maximum absolute atomic E-state index is 12.8. The molecule has 0 aromatic heterocycles. The van der Waals surface area contributed by atoms with E-state index in [1.165, 1.54) is 6.07 Å². The van der Waals surface area contributed by atoms with Crippen LogP contribution in [0.15, 0.2) is 47.4 Å². The summed E-state index contributed by atoms with van der Waals surface area (Å²) in [5.41, 5.74) is 1.35. The van der Waals surface area contributed by atoms with Gasteiger partial charge in [0, 0.05) is 17.3 Å². The molecule has 0 heterocycles. The third-order valence-electron chi connectivity index (χ3n) is 4.77. The van der Waals surface area contributed by atoms with E-state index in [2.05, 4.69) is 10.0 Å². The first kappa shape index (κ1) is 19.2. The Balaban J connectivity index is 1.82. The first-order chi connectivity index (χ1) is 12.9. The molecule has 2 N–H and O–H groups in total. The number of carbonyl (C=O) groups is 1. The first-order valence-corrected chi connectivity index (χ1v) is 10.5. The highest BCUT2D eigenvalue weighted by atomic mass is 32.2. The fourth-order valence-electron chi connectivity index (χ4n) is 3.24. The van der Waals surface area contributed by atoms with Crippen LogP contribution >= 0.6 is 0 Å². The van der Waals surface area contributed by atoms with Crippen molar-refractivity contribution < 1.29 is 17.9 Å². The van der Waals surface area contributed by atoms with Crippen LogP contribution in [0.4, 0.5) is 5.69 Å². The van der Waals surface area contributed by atoms with Crippen molar-refractivity contribution in [2.75, 3.05) is 11.8 Å². The molecule has 3 rings (SSSR count). The normalized spacial score (nSPS) is 14.7. The molecule has 0 radical (unpaired) electrons. The second-order valence-electron chi connectivity index (χ2n) is 6.77. The fraction of sp³-hybridized carbons (Fsp3) is 0.350. The Kier molecular flexibility index (Phi) is 5.70. The summed E-state index contributed by atoms with van der Waals surface area (Å²) in [4.78, 5) is 12.6. The number of rotatable bonds is 6. The van der Waals surface area contributed by atoms with Gasteiger partial charge in [0.05, 0.1) is 12.0 Å². The third-order valence-corrected chi connectivity index (χ3v) is 6.30. The fourth-order valence-corrected chi connectivity index (χ4v) is 4.57. The predicted octanol–water partition coefficient (Wildman–Crippen LogP) is 3.48. The molecule has 0 atom stereocenters. The second kappa shape index (κ2) is 8.00. The van der Waals surface area contributed by atoms with Crippen molar-refractivity contribution in [3.05, 3.63) is 53.6 Å². The minimum Gasteiger partial charge on any atom is -0.497 e. The standard InChI is InChI=1S/C20H24N2O4S/c1-14-7-8-15(20(23)21-16-5-3-4-6-16)13-19(14)27(24,25)22-17-9-11-18(26-2)12-10-17/h7-13,16,22H,3-6H2,1-2H3,(H,21,23). The molecule has 1 amide bonds. The van der Waals surface area contributed by atoms with Crippen molar-refractivity contribution in [1.82, 2.24) is 5.32 Å². The summed E-state index contributed by atoms with van der Waals surface area (Å²) in [5, 5.41) is 2.99. The zero-order chi connectivity index (χ0) is 19.4.